The van der Waals surface area contributed by atoms with Gasteiger partial charge in [-0.05, 0) is 125 Å². The minimum Gasteiger partial charge on any atom is -0.309 e. The lowest BCUT2D eigenvalue weighted by Gasteiger charge is -2.45. The number of para-hydroxylation sites is 1. The van der Waals surface area contributed by atoms with E-state index in [0.29, 0.717) is 0 Å². The summed E-state index contributed by atoms with van der Waals surface area (Å²) >= 11 is 0. The molecule has 0 N–H and O–H groups in total. The van der Waals surface area contributed by atoms with Gasteiger partial charge in [0.15, 0.2) is 0 Å². The Morgan fingerprint density at radius 3 is 1.46 bits per heavy atom. The number of benzene rings is 9. The van der Waals surface area contributed by atoms with Gasteiger partial charge in [-0.2, -0.15) is 0 Å². The molecule has 262 valence electrons. The van der Waals surface area contributed by atoms with Crippen LogP contribution in [-0.2, 0) is 5.41 Å². The smallest absolute Gasteiger partial charge is 0.0754 e. The molecule has 2 aliphatic rings. The van der Waals surface area contributed by atoms with Crippen molar-refractivity contribution < 1.29 is 0 Å². The zero-order valence-electron chi connectivity index (χ0n) is 30.9. The molecule has 1 spiro atoms. The molecule has 0 amide bonds. The quantitative estimate of drug-likeness (QED) is 0.172. The number of anilines is 2. The number of nitrogens with zero attached hydrogens (tertiary/aromatic N) is 1. The molecule has 0 saturated heterocycles. The summed E-state index contributed by atoms with van der Waals surface area (Å²) in [7, 11) is 0. The molecule has 1 heterocycles. The molecular formula is C55H37N. The fraction of sp³-hybridized carbons (Fsp3) is 0.0182. The summed E-state index contributed by atoms with van der Waals surface area (Å²) in [5.74, 6) is 0. The van der Waals surface area contributed by atoms with E-state index in [1.165, 1.54) is 82.4 Å². The molecule has 0 bridgehead atoms. The second-order valence-corrected chi connectivity index (χ2v) is 15.0. The molecule has 11 rings (SSSR count). The second kappa shape index (κ2) is 12.4. The lowest BCUT2D eigenvalue weighted by molar-refractivity contribution is 0.739. The molecule has 1 nitrogen and oxygen atoms in total. The van der Waals surface area contributed by atoms with Crippen molar-refractivity contribution in [1.82, 2.24) is 0 Å². The van der Waals surface area contributed by atoms with E-state index in [-0.39, 0.29) is 0 Å². The van der Waals surface area contributed by atoms with E-state index in [2.05, 4.69) is 212 Å². The predicted molar refractivity (Wildman–Crippen MR) is 238 cm³/mol. The Kier molecular flexibility index (Phi) is 7.14. The van der Waals surface area contributed by atoms with Crippen LogP contribution in [0.5, 0.6) is 0 Å². The first-order chi connectivity index (χ1) is 27.7. The topological polar surface area (TPSA) is 3.24 Å². The number of hydrogen-bond acceptors (Lipinski definition) is 1. The van der Waals surface area contributed by atoms with Gasteiger partial charge in [-0.1, -0.05) is 171 Å². The first kappa shape index (κ1) is 32.2. The van der Waals surface area contributed by atoms with Crippen LogP contribution in [0.4, 0.5) is 11.4 Å². The Morgan fingerprint density at radius 2 is 0.857 bits per heavy atom. The van der Waals surface area contributed by atoms with Crippen LogP contribution in [0.1, 0.15) is 16.7 Å². The highest BCUT2D eigenvalue weighted by atomic mass is 15.2. The second-order valence-electron chi connectivity index (χ2n) is 15.0. The maximum atomic E-state index is 4.61. The fourth-order valence-corrected chi connectivity index (χ4v) is 9.70. The van der Waals surface area contributed by atoms with Gasteiger partial charge in [-0.15, -0.1) is 0 Å². The lowest BCUT2D eigenvalue weighted by atomic mass is 9.63. The Morgan fingerprint density at radius 1 is 0.375 bits per heavy atom. The molecule has 0 saturated carbocycles. The van der Waals surface area contributed by atoms with Crippen molar-refractivity contribution in [3.8, 4) is 33.4 Å². The van der Waals surface area contributed by atoms with Gasteiger partial charge >= 0.3 is 0 Å². The number of hydrogen-bond donors (Lipinski definition) is 0. The van der Waals surface area contributed by atoms with E-state index in [0.717, 1.165) is 22.6 Å². The Hall–Kier alpha value is -7.22. The number of fused-ring (bicyclic) bond motifs is 10. The van der Waals surface area contributed by atoms with Gasteiger partial charge in [-0.3, -0.25) is 0 Å². The predicted octanol–water partition coefficient (Wildman–Crippen LogP) is 14.6. The molecular weight excluding hydrogens is 675 g/mol. The zero-order chi connectivity index (χ0) is 37.4. The molecule has 0 radical (unpaired) electrons. The van der Waals surface area contributed by atoms with Gasteiger partial charge in [0.05, 0.1) is 22.5 Å². The molecule has 1 aliphatic heterocycles. The molecule has 9 aromatic carbocycles. The highest BCUT2D eigenvalue weighted by molar-refractivity contribution is 6.01. The molecule has 0 atom stereocenters. The monoisotopic (exact) mass is 711 g/mol. The fourth-order valence-electron chi connectivity index (χ4n) is 9.70. The van der Waals surface area contributed by atoms with Crippen molar-refractivity contribution in [1.29, 1.82) is 0 Å². The van der Waals surface area contributed by atoms with Gasteiger partial charge in [0, 0.05) is 5.39 Å². The Bertz CT molecular complexity index is 3010. The van der Waals surface area contributed by atoms with Crippen molar-refractivity contribution >= 4 is 43.7 Å². The van der Waals surface area contributed by atoms with Crippen LogP contribution in [0.2, 0.25) is 0 Å². The summed E-state index contributed by atoms with van der Waals surface area (Å²) in [4.78, 5) is 2.41. The third kappa shape index (κ3) is 4.55. The minimum absolute atomic E-state index is 0.673. The van der Waals surface area contributed by atoms with E-state index >= 15 is 0 Å². The van der Waals surface area contributed by atoms with E-state index < -0.39 is 5.41 Å². The molecule has 0 unspecified atom stereocenters. The highest BCUT2D eigenvalue weighted by Gasteiger charge is 2.52. The first-order valence-electron chi connectivity index (χ1n) is 19.3. The lowest BCUT2D eigenvalue weighted by Crippen LogP contribution is -2.38. The molecule has 1 aliphatic carbocycles. The van der Waals surface area contributed by atoms with Gasteiger partial charge in [-0.25, -0.2) is 0 Å². The van der Waals surface area contributed by atoms with Gasteiger partial charge in [0.2, 0.25) is 0 Å². The third-order valence-corrected chi connectivity index (χ3v) is 12.2. The summed E-state index contributed by atoms with van der Waals surface area (Å²) in [6, 6.07) is 69.2. The highest BCUT2D eigenvalue weighted by Crippen LogP contribution is 2.63. The minimum atomic E-state index is -0.673. The van der Waals surface area contributed by atoms with Crippen LogP contribution >= 0.6 is 0 Å². The van der Waals surface area contributed by atoms with E-state index in [4.69, 9.17) is 0 Å². The van der Waals surface area contributed by atoms with E-state index in [1.54, 1.807) is 0 Å². The number of allylic oxidation sites excluding steroid dienone is 3. The van der Waals surface area contributed by atoms with Crippen molar-refractivity contribution in [2.45, 2.75) is 5.41 Å². The summed E-state index contributed by atoms with van der Waals surface area (Å²) in [5, 5.41) is 7.33. The summed E-state index contributed by atoms with van der Waals surface area (Å²) in [6.45, 7) is 9.13. The Balaban J connectivity index is 1.23. The van der Waals surface area contributed by atoms with Crippen LogP contribution in [-0.4, -0.2) is 0 Å². The summed E-state index contributed by atoms with van der Waals surface area (Å²) < 4.78 is 0. The van der Waals surface area contributed by atoms with Gasteiger partial charge in [0.1, 0.15) is 0 Å². The van der Waals surface area contributed by atoms with E-state index in [1.807, 2.05) is 6.08 Å². The SMILES string of the molecule is C=CC1=C(C=C)C2(c3cc(-c4ccc5ccccc5c4)ccc3-c3ccc(-c4ccc5ccccc5c4)cc32)c2ccccc2N1c1cccc2ccccc12. The van der Waals surface area contributed by atoms with Crippen molar-refractivity contribution in [2.24, 2.45) is 0 Å². The van der Waals surface area contributed by atoms with Crippen molar-refractivity contribution in [3.63, 3.8) is 0 Å². The first-order valence-corrected chi connectivity index (χ1v) is 19.3. The maximum Gasteiger partial charge on any atom is 0.0754 e. The third-order valence-electron chi connectivity index (χ3n) is 12.2. The van der Waals surface area contributed by atoms with Crippen LogP contribution in [0.15, 0.2) is 225 Å². The molecule has 0 fully saturated rings. The molecule has 1 heteroatoms. The van der Waals surface area contributed by atoms with Crippen LogP contribution in [0.25, 0.3) is 65.7 Å². The van der Waals surface area contributed by atoms with Crippen molar-refractivity contribution in [3.05, 3.63) is 241 Å². The molecule has 56 heavy (non-hydrogen) atoms. The van der Waals surface area contributed by atoms with Crippen molar-refractivity contribution in [2.75, 3.05) is 4.90 Å². The molecule has 0 aromatic heterocycles. The number of rotatable bonds is 5. The average molecular weight is 712 g/mol. The zero-order valence-corrected chi connectivity index (χ0v) is 30.9. The summed E-state index contributed by atoms with van der Waals surface area (Å²) in [5.41, 5.74) is 14.7. The van der Waals surface area contributed by atoms with Gasteiger partial charge < -0.3 is 4.90 Å². The van der Waals surface area contributed by atoms with E-state index in [9.17, 15) is 0 Å². The Labute approximate surface area is 327 Å². The van der Waals surface area contributed by atoms with Crippen LogP contribution in [0, 0.1) is 0 Å². The average Bonchev–Trinajstić information content (AvgIpc) is 3.54. The standard InChI is InChI=1S/C55H37N/c1-3-48-52(4-2)56(53-23-13-19-38-16-9-10-20-45(38)53)54-22-12-11-21-49(54)55(48)50-34-43(41-26-24-36-14-5-7-17-39(36)32-41)28-30-46(50)47-31-29-44(35-51(47)55)42-27-25-37-15-6-8-18-40(37)33-42/h3-35H,1-2H2. The van der Waals surface area contributed by atoms with Gasteiger partial charge in [0.25, 0.3) is 0 Å². The summed E-state index contributed by atoms with van der Waals surface area (Å²) in [6.07, 6.45) is 4.13. The van der Waals surface area contributed by atoms with Crippen LogP contribution in [0.3, 0.4) is 0 Å². The largest absolute Gasteiger partial charge is 0.309 e. The maximum absolute atomic E-state index is 4.61. The normalized spacial score (nSPS) is 13.9. The molecule has 9 aromatic rings. The van der Waals surface area contributed by atoms with Crippen LogP contribution < -0.4 is 4.90 Å².